The fourth-order valence-electron chi connectivity index (χ4n) is 8.32. The van der Waals surface area contributed by atoms with E-state index in [1.165, 1.54) is 0 Å². The second-order valence-electron chi connectivity index (χ2n) is 12.6. The molecule has 4 aliphatic heterocycles. The Morgan fingerprint density at radius 1 is 0.844 bits per heavy atom. The van der Waals surface area contributed by atoms with Crippen molar-refractivity contribution in [2.24, 2.45) is 4.99 Å². The van der Waals surface area contributed by atoms with Crippen molar-refractivity contribution in [2.45, 2.75) is 55.3 Å². The molecule has 3 fully saturated rings. The number of amides is 1. The third-order valence-electron chi connectivity index (χ3n) is 10.2. The van der Waals surface area contributed by atoms with Gasteiger partial charge in [0.2, 0.25) is 11.8 Å². The molecule has 1 unspecified atom stereocenters. The Bertz CT molecular complexity index is 1770. The number of hydrogen-bond donors (Lipinski definition) is 0. The average molecular weight is 598 g/mol. The number of aryl methyl sites for hydroxylation is 1. The van der Waals surface area contributed by atoms with Crippen LogP contribution in [-0.2, 0) is 14.3 Å². The van der Waals surface area contributed by atoms with Crippen molar-refractivity contribution < 1.29 is 19.1 Å². The van der Waals surface area contributed by atoms with Crippen LogP contribution in [0.2, 0.25) is 0 Å². The number of aliphatic imine (C=N–C) groups is 1. The topological polar surface area (TPSA) is 71.4 Å². The molecule has 0 bridgehead atoms. The molecule has 6 atom stereocenters. The van der Waals surface area contributed by atoms with Crippen molar-refractivity contribution in [3.05, 3.63) is 131 Å². The summed E-state index contributed by atoms with van der Waals surface area (Å²) in [5.41, 5.74) is 3.49. The molecule has 4 aromatic rings. The molecule has 4 heterocycles. The maximum Gasteiger partial charge on any atom is 0.343 e. The summed E-state index contributed by atoms with van der Waals surface area (Å²) in [6.07, 6.45) is 1.96. The number of carbonyl (C=O) groups is 2. The molecule has 7 heteroatoms. The molecule has 4 aromatic carbocycles. The minimum absolute atomic E-state index is 0.0136. The van der Waals surface area contributed by atoms with Gasteiger partial charge in [-0.15, -0.1) is 0 Å². The standard InChI is InChI=1S/C38H35N3O4/c1-24-15-17-26(18-16-24)32-30-14-9-23-40(30)34(38(32)37(43)45-35(39-38)27-12-7-4-8-13-27)33-31(25-10-5-3-6-11-25)36(42)41(33)28-19-21-29(44-2)22-20-28/h3-8,10-13,15-22,30-34H,9,14,23H2,1-2H3/t30-,31-,32-,33-,34?,38-/m0/s1. The van der Waals surface area contributed by atoms with Gasteiger partial charge in [-0.05, 0) is 73.8 Å². The zero-order chi connectivity index (χ0) is 30.7. The Morgan fingerprint density at radius 2 is 1.53 bits per heavy atom. The fraction of sp³-hybridized carbons (Fsp3) is 0.289. The molecule has 0 aliphatic carbocycles. The highest BCUT2D eigenvalue weighted by molar-refractivity contribution is 6.11. The van der Waals surface area contributed by atoms with Crippen LogP contribution in [-0.4, -0.2) is 60.0 Å². The molecule has 3 saturated heterocycles. The van der Waals surface area contributed by atoms with Crippen LogP contribution in [0.3, 0.4) is 0 Å². The molecular weight excluding hydrogens is 562 g/mol. The van der Waals surface area contributed by atoms with Crippen molar-refractivity contribution in [2.75, 3.05) is 18.6 Å². The molecule has 0 aromatic heterocycles. The average Bonchev–Trinajstić information content (AvgIpc) is 3.75. The molecule has 7 nitrogen and oxygen atoms in total. The number of rotatable bonds is 6. The number of anilines is 1. The molecule has 1 spiro atoms. The number of fused-ring (bicyclic) bond motifs is 1. The summed E-state index contributed by atoms with van der Waals surface area (Å²) in [5.74, 6) is 0.0745. The Hall–Kier alpha value is -4.75. The number of benzene rings is 4. The summed E-state index contributed by atoms with van der Waals surface area (Å²) in [6.45, 7) is 2.90. The normalized spacial score (nSPS) is 29.0. The Balaban J connectivity index is 1.35. The molecule has 4 aliphatic rings. The van der Waals surface area contributed by atoms with Gasteiger partial charge in [-0.25, -0.2) is 9.79 Å². The van der Waals surface area contributed by atoms with Gasteiger partial charge in [0, 0.05) is 23.2 Å². The first kappa shape index (κ1) is 27.8. The summed E-state index contributed by atoms with van der Waals surface area (Å²) < 4.78 is 11.6. The highest BCUT2D eigenvalue weighted by Crippen LogP contribution is 2.58. The third-order valence-corrected chi connectivity index (χ3v) is 10.2. The SMILES string of the molecule is COc1ccc(N2C(=O)[C@@H](c3ccccc3)[C@H]2C2N3CCC[C@H]3[C@H](c3ccc(C)cc3)[C@]23N=C(c2ccccc2)OC3=O)cc1. The molecule has 226 valence electrons. The van der Waals surface area contributed by atoms with E-state index in [0.717, 1.165) is 53.1 Å². The number of methoxy groups -OCH3 is 1. The van der Waals surface area contributed by atoms with Crippen LogP contribution in [0.5, 0.6) is 5.75 Å². The lowest BCUT2D eigenvalue weighted by atomic mass is 9.67. The molecule has 0 N–H and O–H groups in total. The van der Waals surface area contributed by atoms with Crippen LogP contribution < -0.4 is 9.64 Å². The second kappa shape index (κ2) is 10.7. The van der Waals surface area contributed by atoms with Gasteiger partial charge >= 0.3 is 5.97 Å². The highest BCUT2D eigenvalue weighted by Gasteiger charge is 2.73. The molecule has 45 heavy (non-hydrogen) atoms. The van der Waals surface area contributed by atoms with Gasteiger partial charge < -0.3 is 14.4 Å². The predicted molar refractivity (Wildman–Crippen MR) is 173 cm³/mol. The van der Waals surface area contributed by atoms with Gasteiger partial charge in [-0.2, -0.15) is 0 Å². The van der Waals surface area contributed by atoms with Crippen LogP contribution >= 0.6 is 0 Å². The first-order valence-corrected chi connectivity index (χ1v) is 15.7. The maximum absolute atomic E-state index is 14.7. The smallest absolute Gasteiger partial charge is 0.343 e. The van der Waals surface area contributed by atoms with Crippen molar-refractivity contribution >= 4 is 23.5 Å². The van der Waals surface area contributed by atoms with E-state index in [1.54, 1.807) is 7.11 Å². The second-order valence-corrected chi connectivity index (χ2v) is 12.6. The Labute approximate surface area is 263 Å². The minimum atomic E-state index is -1.24. The van der Waals surface area contributed by atoms with Crippen LogP contribution in [0.1, 0.15) is 46.9 Å². The molecule has 0 saturated carbocycles. The van der Waals surface area contributed by atoms with E-state index in [4.69, 9.17) is 14.5 Å². The third kappa shape index (κ3) is 4.17. The van der Waals surface area contributed by atoms with Crippen LogP contribution in [0.25, 0.3) is 0 Å². The quantitative estimate of drug-likeness (QED) is 0.205. The van der Waals surface area contributed by atoms with Crippen molar-refractivity contribution in [1.82, 2.24) is 4.90 Å². The van der Waals surface area contributed by atoms with Gasteiger partial charge in [0.25, 0.3) is 0 Å². The van der Waals surface area contributed by atoms with Crippen molar-refractivity contribution in [3.63, 3.8) is 0 Å². The largest absolute Gasteiger partial charge is 0.497 e. The van der Waals surface area contributed by atoms with Crippen LogP contribution in [0.4, 0.5) is 5.69 Å². The zero-order valence-corrected chi connectivity index (χ0v) is 25.4. The number of cyclic esters (lactones) is 1. The van der Waals surface area contributed by atoms with Gasteiger partial charge in [0.1, 0.15) is 5.75 Å². The monoisotopic (exact) mass is 597 g/mol. The van der Waals surface area contributed by atoms with E-state index in [9.17, 15) is 9.59 Å². The summed E-state index contributed by atoms with van der Waals surface area (Å²) >= 11 is 0. The molecule has 8 rings (SSSR count). The lowest BCUT2D eigenvalue weighted by Crippen LogP contribution is -2.71. The molecular formula is C38H35N3O4. The van der Waals surface area contributed by atoms with Crippen molar-refractivity contribution in [3.8, 4) is 5.75 Å². The van der Waals surface area contributed by atoms with E-state index in [1.807, 2.05) is 89.8 Å². The summed E-state index contributed by atoms with van der Waals surface area (Å²) in [5, 5.41) is 0. The highest BCUT2D eigenvalue weighted by atomic mass is 16.6. The summed E-state index contributed by atoms with van der Waals surface area (Å²) in [4.78, 5) is 38.7. The van der Waals surface area contributed by atoms with E-state index in [2.05, 4.69) is 36.1 Å². The number of esters is 1. The number of hydrogen-bond acceptors (Lipinski definition) is 6. The molecule has 0 radical (unpaired) electrons. The molecule has 1 amide bonds. The minimum Gasteiger partial charge on any atom is -0.497 e. The van der Waals surface area contributed by atoms with Crippen LogP contribution in [0.15, 0.2) is 114 Å². The number of carbonyl (C=O) groups excluding carboxylic acids is 2. The van der Waals surface area contributed by atoms with Gasteiger partial charge in [-0.1, -0.05) is 78.4 Å². The van der Waals surface area contributed by atoms with Gasteiger partial charge in [-0.3, -0.25) is 9.69 Å². The van der Waals surface area contributed by atoms with Crippen LogP contribution in [0, 0.1) is 6.92 Å². The van der Waals surface area contributed by atoms with E-state index in [0.29, 0.717) is 5.90 Å². The lowest BCUT2D eigenvalue weighted by molar-refractivity contribution is -0.142. The zero-order valence-electron chi connectivity index (χ0n) is 25.4. The first-order chi connectivity index (χ1) is 22.0. The van der Waals surface area contributed by atoms with E-state index < -0.39 is 17.5 Å². The Kier molecular flexibility index (Phi) is 6.61. The predicted octanol–water partition coefficient (Wildman–Crippen LogP) is 5.88. The number of ether oxygens (including phenoxy) is 2. The van der Waals surface area contributed by atoms with E-state index >= 15 is 0 Å². The fourth-order valence-corrected chi connectivity index (χ4v) is 8.32. The number of nitrogens with zero attached hydrogens (tertiary/aromatic N) is 3. The van der Waals surface area contributed by atoms with E-state index in [-0.39, 0.29) is 29.9 Å². The Morgan fingerprint density at radius 3 is 2.22 bits per heavy atom. The van der Waals surface area contributed by atoms with Gasteiger partial charge in [0.15, 0.2) is 5.54 Å². The maximum atomic E-state index is 14.7. The lowest BCUT2D eigenvalue weighted by Gasteiger charge is -2.53. The number of β-lactam (4-membered cyclic amide) rings is 1. The van der Waals surface area contributed by atoms with Gasteiger partial charge in [0.05, 0.1) is 25.1 Å². The van der Waals surface area contributed by atoms with Crippen molar-refractivity contribution in [1.29, 1.82) is 0 Å². The first-order valence-electron chi connectivity index (χ1n) is 15.7. The summed E-state index contributed by atoms with van der Waals surface area (Å²) in [6, 6.07) is 35.1. The summed E-state index contributed by atoms with van der Waals surface area (Å²) in [7, 11) is 1.63.